The first-order valence-electron chi connectivity index (χ1n) is 9.03. The van der Waals surface area contributed by atoms with Crippen LogP contribution in [0.3, 0.4) is 0 Å². The third kappa shape index (κ3) is 2.37. The summed E-state index contributed by atoms with van der Waals surface area (Å²) in [4.78, 5) is 0. The van der Waals surface area contributed by atoms with Crippen molar-refractivity contribution < 1.29 is 0 Å². The normalized spacial score (nSPS) is 46.9. The molecule has 4 bridgehead atoms. The molecule has 1 N–H and O–H groups in total. The molecule has 0 aromatic carbocycles. The minimum absolute atomic E-state index is 0.788. The molecule has 1 heteroatoms. The molecule has 1 unspecified atom stereocenters. The molecule has 0 amide bonds. The van der Waals surface area contributed by atoms with Crippen LogP contribution in [0.15, 0.2) is 0 Å². The zero-order valence-corrected chi connectivity index (χ0v) is 12.6. The molecular weight excluding hydrogens is 230 g/mol. The van der Waals surface area contributed by atoms with E-state index in [-0.39, 0.29) is 0 Å². The van der Waals surface area contributed by atoms with Crippen molar-refractivity contribution in [3.8, 4) is 0 Å². The fraction of sp³-hybridized carbons (Fsp3) is 1.00. The van der Waals surface area contributed by atoms with E-state index in [0.29, 0.717) is 0 Å². The second-order valence-electron chi connectivity index (χ2n) is 8.36. The highest BCUT2D eigenvalue weighted by atomic mass is 14.9. The Morgan fingerprint density at radius 1 is 0.895 bits per heavy atom. The van der Waals surface area contributed by atoms with E-state index in [2.05, 4.69) is 12.2 Å². The molecule has 108 valence electrons. The first kappa shape index (κ1) is 12.7. The first-order chi connectivity index (χ1) is 9.29. The summed E-state index contributed by atoms with van der Waals surface area (Å²) in [6, 6.07) is 0.788. The highest BCUT2D eigenvalue weighted by molar-refractivity contribution is 5.00. The monoisotopic (exact) mass is 261 g/mol. The van der Waals surface area contributed by atoms with Crippen LogP contribution in [-0.2, 0) is 0 Å². The number of nitrogens with one attached hydrogen (secondary N) is 1. The largest absolute Gasteiger partial charge is 0.314 e. The van der Waals surface area contributed by atoms with Crippen molar-refractivity contribution >= 4 is 0 Å². The maximum Gasteiger partial charge on any atom is 0.00724 e. The topological polar surface area (TPSA) is 12.0 Å². The zero-order valence-electron chi connectivity index (χ0n) is 12.6. The van der Waals surface area contributed by atoms with Gasteiger partial charge in [-0.15, -0.1) is 0 Å². The van der Waals surface area contributed by atoms with Gasteiger partial charge in [0.15, 0.2) is 0 Å². The van der Waals surface area contributed by atoms with Gasteiger partial charge in [-0.2, -0.15) is 0 Å². The third-order valence-corrected chi connectivity index (χ3v) is 7.08. The van der Waals surface area contributed by atoms with Crippen LogP contribution in [0.5, 0.6) is 0 Å². The fourth-order valence-electron chi connectivity index (χ4n) is 6.49. The van der Waals surface area contributed by atoms with Gasteiger partial charge in [0.1, 0.15) is 0 Å². The van der Waals surface area contributed by atoms with Gasteiger partial charge in [-0.05, 0) is 93.9 Å². The van der Waals surface area contributed by atoms with Crippen LogP contribution in [0.25, 0.3) is 0 Å². The van der Waals surface area contributed by atoms with Crippen molar-refractivity contribution in [3.63, 3.8) is 0 Å². The summed E-state index contributed by atoms with van der Waals surface area (Å²) in [6.45, 7) is 3.81. The molecule has 5 aliphatic carbocycles. The Labute approximate surface area is 118 Å². The van der Waals surface area contributed by atoms with E-state index >= 15 is 0 Å². The molecule has 0 aromatic heterocycles. The van der Waals surface area contributed by atoms with Crippen molar-refractivity contribution in [1.29, 1.82) is 0 Å². The zero-order chi connectivity index (χ0) is 12.8. The van der Waals surface area contributed by atoms with Gasteiger partial charge in [-0.25, -0.2) is 0 Å². The second-order valence-corrected chi connectivity index (χ2v) is 8.36. The molecule has 0 heterocycles. The predicted octanol–water partition coefficient (Wildman–Crippen LogP) is 4.23. The van der Waals surface area contributed by atoms with Crippen LogP contribution < -0.4 is 5.32 Å². The molecular formula is C18H31N. The van der Waals surface area contributed by atoms with E-state index in [4.69, 9.17) is 0 Å². The second kappa shape index (κ2) is 5.06. The summed E-state index contributed by atoms with van der Waals surface area (Å²) in [5.74, 6) is 6.44. The Morgan fingerprint density at radius 2 is 1.47 bits per heavy atom. The lowest BCUT2D eigenvalue weighted by molar-refractivity contribution is -0.0495. The summed E-state index contributed by atoms with van der Waals surface area (Å²) in [6.07, 6.45) is 13.8. The molecule has 0 radical (unpaired) electrons. The summed E-state index contributed by atoms with van der Waals surface area (Å²) < 4.78 is 0. The highest BCUT2D eigenvalue weighted by Crippen LogP contribution is 2.57. The highest BCUT2D eigenvalue weighted by Gasteiger charge is 2.49. The Hall–Kier alpha value is -0.0400. The summed E-state index contributed by atoms with van der Waals surface area (Å²) in [7, 11) is 0. The van der Waals surface area contributed by atoms with Crippen LogP contribution in [0.4, 0.5) is 0 Å². The van der Waals surface area contributed by atoms with Crippen LogP contribution in [0.1, 0.15) is 64.7 Å². The van der Waals surface area contributed by atoms with Gasteiger partial charge in [-0.1, -0.05) is 12.8 Å². The number of hydrogen-bond acceptors (Lipinski definition) is 1. The minimum Gasteiger partial charge on any atom is -0.314 e. The Bertz CT molecular complexity index is 290. The van der Waals surface area contributed by atoms with Crippen molar-refractivity contribution in [2.24, 2.45) is 35.5 Å². The summed E-state index contributed by atoms with van der Waals surface area (Å²) >= 11 is 0. The van der Waals surface area contributed by atoms with Crippen molar-refractivity contribution in [3.05, 3.63) is 0 Å². The maximum absolute atomic E-state index is 3.95. The fourth-order valence-corrected chi connectivity index (χ4v) is 6.49. The molecule has 19 heavy (non-hydrogen) atoms. The first-order valence-corrected chi connectivity index (χ1v) is 9.03. The SMILES string of the molecule is CC(NCC1CCCC1)C1C2CC3CC(C2)CC1C3. The average molecular weight is 261 g/mol. The van der Waals surface area contributed by atoms with Crippen LogP contribution in [0.2, 0.25) is 0 Å². The van der Waals surface area contributed by atoms with Crippen molar-refractivity contribution in [2.75, 3.05) is 6.54 Å². The van der Waals surface area contributed by atoms with Crippen molar-refractivity contribution in [1.82, 2.24) is 5.32 Å². The molecule has 5 aliphatic rings. The molecule has 1 atom stereocenters. The van der Waals surface area contributed by atoms with Gasteiger partial charge in [0, 0.05) is 6.04 Å². The van der Waals surface area contributed by atoms with Crippen LogP contribution >= 0.6 is 0 Å². The van der Waals surface area contributed by atoms with Gasteiger partial charge in [-0.3, -0.25) is 0 Å². The Morgan fingerprint density at radius 3 is 2.05 bits per heavy atom. The van der Waals surface area contributed by atoms with E-state index in [1.54, 1.807) is 32.1 Å². The lowest BCUT2D eigenvalue weighted by Crippen LogP contribution is -2.52. The van der Waals surface area contributed by atoms with E-state index in [1.807, 2.05) is 0 Å². The minimum atomic E-state index is 0.788. The van der Waals surface area contributed by atoms with Gasteiger partial charge in [0.05, 0.1) is 0 Å². The van der Waals surface area contributed by atoms with Crippen LogP contribution in [0, 0.1) is 35.5 Å². The smallest absolute Gasteiger partial charge is 0.00724 e. The average Bonchev–Trinajstić information content (AvgIpc) is 2.88. The molecule has 1 nitrogen and oxygen atoms in total. The molecule has 0 spiro atoms. The molecule has 0 aliphatic heterocycles. The van der Waals surface area contributed by atoms with E-state index in [0.717, 1.165) is 41.5 Å². The molecule has 0 saturated heterocycles. The van der Waals surface area contributed by atoms with E-state index in [9.17, 15) is 0 Å². The number of hydrogen-bond donors (Lipinski definition) is 1. The van der Waals surface area contributed by atoms with Gasteiger partial charge >= 0.3 is 0 Å². The predicted molar refractivity (Wildman–Crippen MR) is 80.0 cm³/mol. The quantitative estimate of drug-likeness (QED) is 0.798. The molecule has 0 aromatic rings. The maximum atomic E-state index is 3.95. The Balaban J connectivity index is 1.35. The van der Waals surface area contributed by atoms with Gasteiger partial charge in [0.2, 0.25) is 0 Å². The van der Waals surface area contributed by atoms with Crippen LogP contribution in [-0.4, -0.2) is 12.6 Å². The molecule has 5 saturated carbocycles. The van der Waals surface area contributed by atoms with E-state index in [1.165, 1.54) is 32.2 Å². The molecule has 5 fully saturated rings. The standard InChI is InChI=1S/C18H31N/c1-12(19-11-13-4-2-3-5-13)18-16-7-14-6-15(9-16)10-17(18)8-14/h12-19H,2-11H2,1H3. The van der Waals surface area contributed by atoms with E-state index < -0.39 is 0 Å². The number of rotatable bonds is 4. The van der Waals surface area contributed by atoms with Crippen molar-refractivity contribution in [2.45, 2.75) is 70.8 Å². The van der Waals surface area contributed by atoms with Gasteiger partial charge < -0.3 is 5.32 Å². The lowest BCUT2D eigenvalue weighted by atomic mass is 9.50. The molecule has 5 rings (SSSR count). The lowest BCUT2D eigenvalue weighted by Gasteiger charge is -2.56. The summed E-state index contributed by atoms with van der Waals surface area (Å²) in [5, 5.41) is 3.95. The van der Waals surface area contributed by atoms with Gasteiger partial charge in [0.25, 0.3) is 0 Å². The third-order valence-electron chi connectivity index (χ3n) is 7.08. The Kier molecular flexibility index (Phi) is 3.38. The summed E-state index contributed by atoms with van der Waals surface area (Å²) in [5.41, 5.74) is 0.